The van der Waals surface area contributed by atoms with Gasteiger partial charge in [0.1, 0.15) is 5.82 Å². The number of hydrogen-bond acceptors (Lipinski definition) is 5. The summed E-state index contributed by atoms with van der Waals surface area (Å²) in [6, 6.07) is 10.1. The maximum absolute atomic E-state index is 12.9. The van der Waals surface area contributed by atoms with E-state index in [2.05, 4.69) is 15.6 Å². The number of nitrogens with one attached hydrogen (secondary N) is 2. The Morgan fingerprint density at radius 2 is 2.00 bits per heavy atom. The van der Waals surface area contributed by atoms with Gasteiger partial charge >= 0.3 is 6.03 Å². The minimum absolute atomic E-state index is 0.0124. The third-order valence-corrected chi connectivity index (χ3v) is 5.51. The van der Waals surface area contributed by atoms with Gasteiger partial charge in [-0.2, -0.15) is 0 Å². The van der Waals surface area contributed by atoms with E-state index < -0.39 is 11.8 Å². The van der Waals surface area contributed by atoms with Crippen molar-refractivity contribution in [3.63, 3.8) is 0 Å². The van der Waals surface area contributed by atoms with Gasteiger partial charge in [-0.3, -0.25) is 10.1 Å². The van der Waals surface area contributed by atoms with Gasteiger partial charge in [-0.05, 0) is 24.3 Å². The molecular weight excluding hydrogens is 360 g/mol. The molecule has 3 aliphatic rings. The lowest BCUT2D eigenvalue weighted by atomic mass is 9.91. The van der Waals surface area contributed by atoms with Crippen LogP contribution in [0, 0.1) is 0 Å². The number of benzene rings is 1. The highest BCUT2D eigenvalue weighted by Crippen LogP contribution is 2.48. The molecule has 4 heterocycles. The highest BCUT2D eigenvalue weighted by atomic mass is 16.7. The first kappa shape index (κ1) is 17.2. The van der Waals surface area contributed by atoms with Crippen molar-refractivity contribution in [2.45, 2.75) is 24.7 Å². The van der Waals surface area contributed by atoms with Crippen molar-refractivity contribution in [3.05, 3.63) is 53.7 Å². The van der Waals surface area contributed by atoms with Gasteiger partial charge in [0.25, 0.3) is 5.91 Å². The minimum atomic E-state index is -0.633. The molecule has 1 atom stereocenters. The molecule has 1 unspecified atom stereocenters. The second-order valence-corrected chi connectivity index (χ2v) is 7.14. The molecular formula is C20H20N4O4. The predicted molar refractivity (Wildman–Crippen MR) is 101 cm³/mol. The van der Waals surface area contributed by atoms with E-state index in [4.69, 9.17) is 9.47 Å². The van der Waals surface area contributed by atoms with Crippen LogP contribution in [0.3, 0.4) is 0 Å². The maximum atomic E-state index is 12.9. The summed E-state index contributed by atoms with van der Waals surface area (Å²) in [5.41, 5.74) is 2.05. The van der Waals surface area contributed by atoms with Gasteiger partial charge in [0.15, 0.2) is 5.79 Å². The topological polar surface area (TPSA) is 92.8 Å². The third kappa shape index (κ3) is 2.81. The molecule has 2 saturated heterocycles. The van der Waals surface area contributed by atoms with Crippen molar-refractivity contribution in [2.75, 3.05) is 30.4 Å². The molecule has 0 saturated carbocycles. The Morgan fingerprint density at radius 1 is 1.14 bits per heavy atom. The number of piperidine rings is 1. The number of nitrogens with zero attached hydrogens (tertiary/aromatic N) is 2. The summed E-state index contributed by atoms with van der Waals surface area (Å²) in [6.45, 7) is 1.71. The van der Waals surface area contributed by atoms with Crippen LogP contribution in [-0.4, -0.2) is 47.4 Å². The Morgan fingerprint density at radius 3 is 2.79 bits per heavy atom. The van der Waals surface area contributed by atoms with E-state index >= 15 is 0 Å². The van der Waals surface area contributed by atoms with E-state index in [1.54, 1.807) is 36.5 Å². The number of anilines is 2. The summed E-state index contributed by atoms with van der Waals surface area (Å²) in [5.74, 6) is -0.192. The minimum Gasteiger partial charge on any atom is -0.347 e. The number of carbonyl (C=O) groups excluding carboxylic acids is 2. The molecule has 2 fully saturated rings. The maximum Gasteiger partial charge on any atom is 0.324 e. The lowest BCUT2D eigenvalue weighted by molar-refractivity contribution is -0.191. The van der Waals surface area contributed by atoms with Crippen LogP contribution in [0.4, 0.5) is 16.3 Å². The number of ether oxygens (including phenoxy) is 2. The van der Waals surface area contributed by atoms with Crippen molar-refractivity contribution < 1.29 is 19.1 Å². The Labute approximate surface area is 161 Å². The van der Waals surface area contributed by atoms with Crippen LogP contribution in [0.5, 0.6) is 0 Å². The highest BCUT2D eigenvalue weighted by molar-refractivity contribution is 6.05. The molecule has 8 nitrogen and oxygen atoms in total. The largest absolute Gasteiger partial charge is 0.347 e. The number of fused-ring (bicyclic) bond motifs is 3. The molecule has 0 bridgehead atoms. The fourth-order valence-corrected chi connectivity index (χ4v) is 4.29. The Hall–Kier alpha value is -2.97. The summed E-state index contributed by atoms with van der Waals surface area (Å²) in [6.07, 6.45) is 2.83. The zero-order valence-corrected chi connectivity index (χ0v) is 15.2. The number of rotatable bonds is 2. The first-order valence-electron chi connectivity index (χ1n) is 9.36. The lowest BCUT2D eigenvalue weighted by Crippen LogP contribution is -2.46. The number of carbonyl (C=O) groups is 2. The SMILES string of the molecule is O=C(Nc1ccccn1)Nc1cccc2c1C1CC3(CCN1C2=O)OCCO3. The van der Waals surface area contributed by atoms with E-state index in [0.717, 1.165) is 5.56 Å². The average molecular weight is 380 g/mol. The zero-order chi connectivity index (χ0) is 19.1. The van der Waals surface area contributed by atoms with Gasteiger partial charge in [0, 0.05) is 42.4 Å². The quantitative estimate of drug-likeness (QED) is 0.836. The van der Waals surface area contributed by atoms with Crippen molar-refractivity contribution >= 4 is 23.4 Å². The summed E-state index contributed by atoms with van der Waals surface area (Å²) in [4.78, 5) is 31.3. The predicted octanol–water partition coefficient (Wildman–Crippen LogP) is 2.76. The summed E-state index contributed by atoms with van der Waals surface area (Å²) in [5, 5.41) is 5.58. The Balaban J connectivity index is 1.43. The van der Waals surface area contributed by atoms with Gasteiger partial charge in [-0.25, -0.2) is 9.78 Å². The van der Waals surface area contributed by atoms with E-state index in [9.17, 15) is 9.59 Å². The number of urea groups is 1. The molecule has 3 amide bonds. The monoisotopic (exact) mass is 380 g/mol. The van der Waals surface area contributed by atoms with Gasteiger partial charge in [0.2, 0.25) is 0 Å². The van der Waals surface area contributed by atoms with Crippen LogP contribution in [0.2, 0.25) is 0 Å². The first-order valence-corrected chi connectivity index (χ1v) is 9.36. The first-order chi connectivity index (χ1) is 13.7. The number of pyridine rings is 1. The molecule has 1 spiro atoms. The molecule has 144 valence electrons. The summed E-state index contributed by atoms with van der Waals surface area (Å²) in [7, 11) is 0. The van der Waals surface area contributed by atoms with Crippen molar-refractivity contribution in [1.82, 2.24) is 9.88 Å². The van der Waals surface area contributed by atoms with Gasteiger partial charge in [-0.15, -0.1) is 0 Å². The van der Waals surface area contributed by atoms with Crippen LogP contribution in [0.25, 0.3) is 0 Å². The fourth-order valence-electron chi connectivity index (χ4n) is 4.29. The van der Waals surface area contributed by atoms with Crippen molar-refractivity contribution in [2.24, 2.45) is 0 Å². The van der Waals surface area contributed by atoms with Crippen molar-refractivity contribution in [1.29, 1.82) is 0 Å². The Kier molecular flexibility index (Phi) is 4.03. The highest BCUT2D eigenvalue weighted by Gasteiger charge is 2.50. The van der Waals surface area contributed by atoms with Crippen LogP contribution < -0.4 is 10.6 Å². The molecule has 0 radical (unpaired) electrons. The summed E-state index contributed by atoms with van der Waals surface area (Å²) < 4.78 is 11.7. The smallest absolute Gasteiger partial charge is 0.324 e. The molecule has 3 aliphatic heterocycles. The second-order valence-electron chi connectivity index (χ2n) is 7.14. The van der Waals surface area contributed by atoms with E-state index in [1.165, 1.54) is 0 Å². The second kappa shape index (κ2) is 6.57. The molecule has 2 aromatic rings. The molecule has 1 aromatic carbocycles. The van der Waals surface area contributed by atoms with Gasteiger partial charge < -0.3 is 19.7 Å². The van der Waals surface area contributed by atoms with E-state index in [-0.39, 0.29) is 11.9 Å². The van der Waals surface area contributed by atoms with E-state index in [0.29, 0.717) is 49.7 Å². The number of amides is 3. The third-order valence-electron chi connectivity index (χ3n) is 5.51. The zero-order valence-electron chi connectivity index (χ0n) is 15.2. The molecule has 2 N–H and O–H groups in total. The molecule has 28 heavy (non-hydrogen) atoms. The lowest BCUT2D eigenvalue weighted by Gasteiger charge is -2.40. The molecule has 0 aliphatic carbocycles. The molecule has 1 aromatic heterocycles. The average Bonchev–Trinajstić information content (AvgIpc) is 3.26. The summed E-state index contributed by atoms with van der Waals surface area (Å²) >= 11 is 0. The van der Waals surface area contributed by atoms with Gasteiger partial charge in [0.05, 0.1) is 19.3 Å². The van der Waals surface area contributed by atoms with Gasteiger partial charge in [-0.1, -0.05) is 12.1 Å². The molecule has 5 rings (SSSR count). The number of aromatic nitrogens is 1. The van der Waals surface area contributed by atoms with Crippen LogP contribution in [0.1, 0.15) is 34.8 Å². The normalized spacial score (nSPS) is 22.1. The van der Waals surface area contributed by atoms with Crippen molar-refractivity contribution in [3.8, 4) is 0 Å². The van der Waals surface area contributed by atoms with Crippen LogP contribution in [0.15, 0.2) is 42.6 Å². The van der Waals surface area contributed by atoms with Crippen LogP contribution in [-0.2, 0) is 9.47 Å². The van der Waals surface area contributed by atoms with Crippen LogP contribution >= 0.6 is 0 Å². The number of hydrogen-bond donors (Lipinski definition) is 2. The standard InChI is InChI=1S/C20H20N4O4/c25-18-13-4-3-5-14(22-19(26)23-16-6-1-2-8-21-16)17(13)15-12-20(7-9-24(15)18)27-10-11-28-20/h1-6,8,15H,7,9-12H2,(H2,21,22,23,26). The Bertz CT molecular complexity index is 927. The fraction of sp³-hybridized carbons (Fsp3) is 0.350. The molecule has 8 heteroatoms. The van der Waals surface area contributed by atoms with E-state index in [1.807, 2.05) is 11.0 Å².